The third kappa shape index (κ3) is 3.06. The first-order chi connectivity index (χ1) is 12.6. The lowest BCUT2D eigenvalue weighted by molar-refractivity contribution is 0.532. The predicted octanol–water partition coefficient (Wildman–Crippen LogP) is 4.17. The number of hydrogen-bond donors (Lipinski definition) is 0. The van der Waals surface area contributed by atoms with Crippen molar-refractivity contribution in [2.75, 3.05) is 11.9 Å². The van der Waals surface area contributed by atoms with Crippen LogP contribution in [0.4, 0.5) is 11.4 Å². The molecule has 0 aliphatic heterocycles. The van der Waals surface area contributed by atoms with Crippen LogP contribution in [0.5, 0.6) is 0 Å². The molecule has 2 heterocycles. The van der Waals surface area contributed by atoms with Gasteiger partial charge in [0.2, 0.25) is 23.6 Å². The lowest BCUT2D eigenvalue weighted by Gasteiger charge is -2.19. The van der Waals surface area contributed by atoms with Gasteiger partial charge in [0.1, 0.15) is 0 Å². The van der Waals surface area contributed by atoms with Crippen LogP contribution in [0.25, 0.3) is 22.9 Å². The van der Waals surface area contributed by atoms with Gasteiger partial charge in [0.05, 0.1) is 0 Å². The maximum atomic E-state index is 5.46. The molecule has 7 heteroatoms. The number of aromatic nitrogens is 4. The molecule has 0 fully saturated rings. The highest BCUT2D eigenvalue weighted by Crippen LogP contribution is 2.28. The summed E-state index contributed by atoms with van der Waals surface area (Å²) in [7, 11) is 2.01. The van der Waals surface area contributed by atoms with Crippen molar-refractivity contribution in [3.63, 3.8) is 0 Å². The molecule has 0 saturated carbocycles. The highest BCUT2D eigenvalue weighted by molar-refractivity contribution is 5.68. The first-order valence-electron chi connectivity index (χ1n) is 8.15. The van der Waals surface area contributed by atoms with Gasteiger partial charge in [-0.15, -0.1) is 20.4 Å². The summed E-state index contributed by atoms with van der Waals surface area (Å²) in [5.41, 5.74) is 3.88. The van der Waals surface area contributed by atoms with Gasteiger partial charge in [-0.05, 0) is 48.5 Å². The minimum Gasteiger partial charge on any atom is -0.421 e. The Balaban J connectivity index is 1.54. The fourth-order valence-corrected chi connectivity index (χ4v) is 2.63. The second-order valence-electron chi connectivity index (χ2n) is 5.91. The topological polar surface area (TPSA) is 81.1 Å². The van der Waals surface area contributed by atoms with Crippen LogP contribution < -0.4 is 4.90 Å². The Morgan fingerprint density at radius 3 is 1.31 bits per heavy atom. The second-order valence-corrected chi connectivity index (χ2v) is 5.91. The summed E-state index contributed by atoms with van der Waals surface area (Å²) < 4.78 is 10.9. The SMILES string of the molecule is Cc1nnc(-c2ccc(N(C)c3ccc(-c4nnc(C)o4)cc3)cc2)o1. The molecule has 0 saturated heterocycles. The molecule has 0 radical (unpaired) electrons. The zero-order valence-electron chi connectivity index (χ0n) is 14.7. The van der Waals surface area contributed by atoms with E-state index in [1.54, 1.807) is 13.8 Å². The molecule has 0 aliphatic rings. The Bertz CT molecular complexity index is 935. The smallest absolute Gasteiger partial charge is 0.247 e. The van der Waals surface area contributed by atoms with E-state index in [1.807, 2.05) is 55.6 Å². The summed E-state index contributed by atoms with van der Waals surface area (Å²) in [5.74, 6) is 2.15. The standard InChI is InChI=1S/C19H17N5O2/c1-12-20-22-18(25-12)14-4-8-16(9-5-14)24(3)17-10-6-15(7-11-17)19-23-21-13(2)26-19/h4-11H,1-3H3. The van der Waals surface area contributed by atoms with E-state index in [9.17, 15) is 0 Å². The van der Waals surface area contributed by atoms with E-state index >= 15 is 0 Å². The highest BCUT2D eigenvalue weighted by atomic mass is 16.4. The fourth-order valence-electron chi connectivity index (χ4n) is 2.63. The van der Waals surface area contributed by atoms with E-state index in [4.69, 9.17) is 8.83 Å². The third-order valence-corrected chi connectivity index (χ3v) is 4.06. The van der Waals surface area contributed by atoms with E-state index < -0.39 is 0 Å². The van der Waals surface area contributed by atoms with E-state index in [0.717, 1.165) is 22.5 Å². The van der Waals surface area contributed by atoms with Crippen molar-refractivity contribution in [2.24, 2.45) is 0 Å². The van der Waals surface area contributed by atoms with E-state index in [1.165, 1.54) is 0 Å². The Morgan fingerprint density at radius 1 is 0.615 bits per heavy atom. The molecular weight excluding hydrogens is 330 g/mol. The summed E-state index contributed by atoms with van der Waals surface area (Å²) in [6, 6.07) is 15.9. The van der Waals surface area contributed by atoms with Crippen LogP contribution >= 0.6 is 0 Å². The maximum absolute atomic E-state index is 5.46. The Labute approximate surface area is 150 Å². The van der Waals surface area contributed by atoms with Crippen molar-refractivity contribution in [1.82, 2.24) is 20.4 Å². The van der Waals surface area contributed by atoms with Crippen LogP contribution in [-0.2, 0) is 0 Å². The average molecular weight is 347 g/mol. The highest BCUT2D eigenvalue weighted by Gasteiger charge is 2.10. The molecule has 4 aromatic rings. The van der Waals surface area contributed by atoms with Crippen molar-refractivity contribution in [3.8, 4) is 22.9 Å². The van der Waals surface area contributed by atoms with E-state index in [2.05, 4.69) is 25.3 Å². The average Bonchev–Trinajstić information content (AvgIpc) is 3.30. The molecule has 2 aromatic heterocycles. The number of rotatable bonds is 4. The Morgan fingerprint density at radius 2 is 1.00 bits per heavy atom. The quantitative estimate of drug-likeness (QED) is 0.548. The van der Waals surface area contributed by atoms with Crippen molar-refractivity contribution < 1.29 is 8.83 Å². The van der Waals surface area contributed by atoms with Crippen LogP contribution in [0.3, 0.4) is 0 Å². The van der Waals surface area contributed by atoms with Gasteiger partial charge in [-0.25, -0.2) is 0 Å². The van der Waals surface area contributed by atoms with Crippen LogP contribution in [0.1, 0.15) is 11.8 Å². The third-order valence-electron chi connectivity index (χ3n) is 4.06. The zero-order chi connectivity index (χ0) is 18.1. The number of anilines is 2. The normalized spacial score (nSPS) is 10.9. The van der Waals surface area contributed by atoms with Gasteiger partial charge in [0, 0.05) is 43.4 Å². The molecular formula is C19H17N5O2. The predicted molar refractivity (Wildman–Crippen MR) is 97.0 cm³/mol. The summed E-state index contributed by atoms with van der Waals surface area (Å²) in [6.45, 7) is 3.55. The van der Waals surface area contributed by atoms with Crippen molar-refractivity contribution >= 4 is 11.4 Å². The Kier molecular flexibility index (Phi) is 3.96. The molecule has 0 unspecified atom stereocenters. The number of benzene rings is 2. The number of hydrogen-bond acceptors (Lipinski definition) is 7. The second kappa shape index (κ2) is 6.44. The van der Waals surface area contributed by atoms with Gasteiger partial charge in [0.25, 0.3) is 0 Å². The monoisotopic (exact) mass is 347 g/mol. The molecule has 2 aromatic carbocycles. The van der Waals surface area contributed by atoms with Gasteiger partial charge in [-0.2, -0.15) is 0 Å². The molecule has 0 aliphatic carbocycles. The molecule has 0 N–H and O–H groups in total. The first kappa shape index (κ1) is 16.0. The lowest BCUT2D eigenvalue weighted by atomic mass is 10.1. The summed E-state index contributed by atoms with van der Waals surface area (Å²) in [4.78, 5) is 2.09. The fraction of sp³-hybridized carbons (Fsp3) is 0.158. The van der Waals surface area contributed by atoms with Crippen molar-refractivity contribution in [2.45, 2.75) is 13.8 Å². The molecule has 130 valence electrons. The molecule has 0 spiro atoms. The maximum Gasteiger partial charge on any atom is 0.247 e. The van der Waals surface area contributed by atoms with Gasteiger partial charge in [0.15, 0.2) is 0 Å². The molecule has 7 nitrogen and oxygen atoms in total. The summed E-state index contributed by atoms with van der Waals surface area (Å²) in [5, 5.41) is 15.8. The van der Waals surface area contributed by atoms with Crippen LogP contribution in [0, 0.1) is 13.8 Å². The van der Waals surface area contributed by atoms with Gasteiger partial charge < -0.3 is 13.7 Å². The molecule has 0 atom stereocenters. The van der Waals surface area contributed by atoms with Gasteiger partial charge in [-0.1, -0.05) is 0 Å². The summed E-state index contributed by atoms with van der Waals surface area (Å²) >= 11 is 0. The number of aryl methyl sites for hydroxylation is 2. The lowest BCUT2D eigenvalue weighted by Crippen LogP contribution is -2.08. The number of nitrogens with zero attached hydrogens (tertiary/aromatic N) is 5. The Hall–Kier alpha value is -3.48. The largest absolute Gasteiger partial charge is 0.421 e. The zero-order valence-corrected chi connectivity index (χ0v) is 14.7. The van der Waals surface area contributed by atoms with E-state index in [0.29, 0.717) is 23.6 Å². The van der Waals surface area contributed by atoms with Crippen LogP contribution in [-0.4, -0.2) is 27.4 Å². The molecule has 0 amide bonds. The van der Waals surface area contributed by atoms with Crippen molar-refractivity contribution in [3.05, 3.63) is 60.3 Å². The minimum atomic E-state index is 0.524. The first-order valence-corrected chi connectivity index (χ1v) is 8.15. The van der Waals surface area contributed by atoms with Crippen LogP contribution in [0.15, 0.2) is 57.4 Å². The van der Waals surface area contributed by atoms with Gasteiger partial charge in [-0.3, -0.25) is 0 Å². The van der Waals surface area contributed by atoms with Crippen molar-refractivity contribution in [1.29, 1.82) is 0 Å². The molecule has 26 heavy (non-hydrogen) atoms. The van der Waals surface area contributed by atoms with Crippen LogP contribution in [0.2, 0.25) is 0 Å². The van der Waals surface area contributed by atoms with E-state index in [-0.39, 0.29) is 0 Å². The van der Waals surface area contributed by atoms with Gasteiger partial charge >= 0.3 is 0 Å². The summed E-state index contributed by atoms with van der Waals surface area (Å²) in [6.07, 6.45) is 0. The molecule has 0 bridgehead atoms. The minimum absolute atomic E-state index is 0.524. The molecule has 4 rings (SSSR count).